The largest absolute Gasteiger partial charge is 0.422 e. The molecule has 4 rings (SSSR count). The van der Waals surface area contributed by atoms with Gasteiger partial charge < -0.3 is 9.47 Å². The van der Waals surface area contributed by atoms with Crippen molar-refractivity contribution in [3.63, 3.8) is 0 Å². The summed E-state index contributed by atoms with van der Waals surface area (Å²) in [6, 6.07) is 27.6. The zero-order valence-corrected chi connectivity index (χ0v) is 29.6. The summed E-state index contributed by atoms with van der Waals surface area (Å²) < 4.78 is 12.6. The summed E-state index contributed by atoms with van der Waals surface area (Å²) in [5.74, 6) is -0.811. The standard InChI is InChI=1S/C37H34Br2N4O6/c38-30-18-20-32(48-36(46)26-12-6-4-7-13-26)28(22-30)24-40-42-34(44)16-10-2-1-3-11-17-35(45)43-41-25-29-23-31(39)19-21-33(29)49-37(47)27-14-8-5-9-15-27/h4-9,12-15,18-25H,1-3,10-11,16-17H2,(H,42,44)(H,43,45). The highest BCUT2D eigenvalue weighted by Gasteiger charge is 2.13. The van der Waals surface area contributed by atoms with Gasteiger partial charge in [-0.1, -0.05) is 87.5 Å². The van der Waals surface area contributed by atoms with Gasteiger partial charge in [0.1, 0.15) is 11.5 Å². The highest BCUT2D eigenvalue weighted by atomic mass is 79.9. The van der Waals surface area contributed by atoms with Crippen LogP contribution in [0.1, 0.15) is 76.8 Å². The molecule has 0 saturated heterocycles. The van der Waals surface area contributed by atoms with E-state index in [1.807, 2.05) is 12.1 Å². The Morgan fingerprint density at radius 1 is 0.551 bits per heavy atom. The van der Waals surface area contributed by atoms with Crippen LogP contribution in [-0.2, 0) is 9.59 Å². The number of hydrogen-bond acceptors (Lipinski definition) is 8. The molecule has 252 valence electrons. The summed E-state index contributed by atoms with van der Waals surface area (Å²) in [7, 11) is 0. The Morgan fingerprint density at radius 2 is 0.939 bits per heavy atom. The van der Waals surface area contributed by atoms with Crippen LogP contribution < -0.4 is 20.3 Å². The average Bonchev–Trinajstić information content (AvgIpc) is 3.10. The summed E-state index contributed by atoms with van der Waals surface area (Å²) >= 11 is 6.80. The third-order valence-electron chi connectivity index (χ3n) is 6.96. The maximum atomic E-state index is 12.5. The number of hydrazone groups is 2. The lowest BCUT2D eigenvalue weighted by Gasteiger charge is -2.08. The fourth-order valence-electron chi connectivity index (χ4n) is 4.45. The molecule has 0 aliphatic carbocycles. The predicted molar refractivity (Wildman–Crippen MR) is 195 cm³/mol. The zero-order valence-electron chi connectivity index (χ0n) is 26.4. The average molecular weight is 791 g/mol. The molecule has 0 saturated carbocycles. The van der Waals surface area contributed by atoms with Gasteiger partial charge in [-0.15, -0.1) is 0 Å². The molecule has 49 heavy (non-hydrogen) atoms. The number of amides is 2. The van der Waals surface area contributed by atoms with Gasteiger partial charge in [0.2, 0.25) is 11.8 Å². The van der Waals surface area contributed by atoms with Gasteiger partial charge in [-0.05, 0) is 73.5 Å². The van der Waals surface area contributed by atoms with Crippen LogP contribution >= 0.6 is 31.9 Å². The molecule has 10 nitrogen and oxygen atoms in total. The van der Waals surface area contributed by atoms with Crippen LogP contribution in [0, 0.1) is 0 Å². The summed E-state index contributed by atoms with van der Waals surface area (Å²) in [5.41, 5.74) is 6.93. The third-order valence-corrected chi connectivity index (χ3v) is 7.95. The summed E-state index contributed by atoms with van der Waals surface area (Å²) in [4.78, 5) is 49.5. The molecule has 0 aliphatic heterocycles. The molecule has 0 fully saturated rings. The Balaban J connectivity index is 1.11. The van der Waals surface area contributed by atoms with E-state index in [0.717, 1.165) is 28.2 Å². The summed E-state index contributed by atoms with van der Waals surface area (Å²) in [6.45, 7) is 0. The van der Waals surface area contributed by atoms with Crippen LogP contribution in [0.4, 0.5) is 0 Å². The molecule has 0 spiro atoms. The van der Waals surface area contributed by atoms with E-state index < -0.39 is 11.9 Å². The molecule has 0 atom stereocenters. The van der Waals surface area contributed by atoms with Crippen molar-refractivity contribution in [2.75, 3.05) is 0 Å². The number of hydrogen-bond donors (Lipinski definition) is 2. The number of unbranched alkanes of at least 4 members (excludes halogenated alkanes) is 4. The summed E-state index contributed by atoms with van der Waals surface area (Å²) in [5, 5.41) is 8.06. The van der Waals surface area contributed by atoms with Crippen molar-refractivity contribution in [3.8, 4) is 11.5 Å². The fourth-order valence-corrected chi connectivity index (χ4v) is 5.21. The highest BCUT2D eigenvalue weighted by molar-refractivity contribution is 9.10. The second-order valence-electron chi connectivity index (χ2n) is 10.7. The van der Waals surface area contributed by atoms with Gasteiger partial charge in [-0.25, -0.2) is 20.4 Å². The van der Waals surface area contributed by atoms with Crippen molar-refractivity contribution in [1.29, 1.82) is 0 Å². The van der Waals surface area contributed by atoms with Gasteiger partial charge in [-0.2, -0.15) is 10.2 Å². The first-order valence-corrected chi connectivity index (χ1v) is 17.1. The van der Waals surface area contributed by atoms with Crippen molar-refractivity contribution >= 4 is 68.0 Å². The van der Waals surface area contributed by atoms with Gasteiger partial charge in [0.15, 0.2) is 0 Å². The number of carbonyl (C=O) groups is 4. The first kappa shape index (κ1) is 36.9. The molecule has 12 heteroatoms. The minimum absolute atomic E-state index is 0.227. The van der Waals surface area contributed by atoms with Crippen LogP contribution in [0.5, 0.6) is 11.5 Å². The molecule has 0 aromatic heterocycles. The Morgan fingerprint density at radius 3 is 1.35 bits per heavy atom. The fraction of sp³-hybridized carbons (Fsp3) is 0.189. The normalized spacial score (nSPS) is 11.0. The second kappa shape index (κ2) is 19.8. The van der Waals surface area contributed by atoms with Crippen LogP contribution in [0.3, 0.4) is 0 Å². The Kier molecular flexibility index (Phi) is 14.9. The van der Waals surface area contributed by atoms with E-state index in [2.05, 4.69) is 52.9 Å². The Labute approximate surface area is 301 Å². The third kappa shape index (κ3) is 12.9. The topological polar surface area (TPSA) is 136 Å². The maximum Gasteiger partial charge on any atom is 0.343 e. The number of ether oxygens (including phenoxy) is 2. The molecule has 4 aromatic rings. The number of nitrogens with zero attached hydrogens (tertiary/aromatic N) is 2. The molecule has 0 radical (unpaired) electrons. The molecule has 0 unspecified atom stereocenters. The van der Waals surface area contributed by atoms with Gasteiger partial charge in [0.25, 0.3) is 0 Å². The monoisotopic (exact) mass is 788 g/mol. The number of halogens is 2. The van der Waals surface area contributed by atoms with Gasteiger partial charge in [0.05, 0.1) is 23.6 Å². The zero-order chi connectivity index (χ0) is 34.8. The highest BCUT2D eigenvalue weighted by Crippen LogP contribution is 2.24. The smallest absolute Gasteiger partial charge is 0.343 e. The lowest BCUT2D eigenvalue weighted by atomic mass is 10.1. The van der Waals surface area contributed by atoms with Crippen molar-refractivity contribution in [2.45, 2.75) is 44.9 Å². The van der Waals surface area contributed by atoms with E-state index in [9.17, 15) is 19.2 Å². The Hall–Kier alpha value is -4.94. The van der Waals surface area contributed by atoms with Gasteiger partial charge in [0, 0.05) is 32.9 Å². The van der Waals surface area contributed by atoms with Crippen LogP contribution in [0.15, 0.2) is 116 Å². The van der Waals surface area contributed by atoms with Crippen LogP contribution in [0.25, 0.3) is 0 Å². The molecule has 2 N–H and O–H groups in total. The van der Waals surface area contributed by atoms with Crippen molar-refractivity contribution in [3.05, 3.63) is 128 Å². The van der Waals surface area contributed by atoms with E-state index in [0.29, 0.717) is 59.4 Å². The molecular weight excluding hydrogens is 756 g/mol. The summed E-state index contributed by atoms with van der Waals surface area (Å²) in [6.07, 6.45) is 7.36. The Bertz CT molecular complexity index is 1670. The van der Waals surface area contributed by atoms with Crippen molar-refractivity contribution in [1.82, 2.24) is 10.9 Å². The lowest BCUT2D eigenvalue weighted by molar-refractivity contribution is -0.121. The molecule has 2 amide bonds. The number of esters is 2. The number of rotatable bonds is 16. The quantitative estimate of drug-likeness (QED) is 0.0389. The van der Waals surface area contributed by atoms with E-state index in [4.69, 9.17) is 9.47 Å². The number of benzene rings is 4. The molecule has 0 aliphatic rings. The van der Waals surface area contributed by atoms with Crippen LogP contribution in [0.2, 0.25) is 0 Å². The molecule has 4 aromatic carbocycles. The van der Waals surface area contributed by atoms with E-state index >= 15 is 0 Å². The van der Waals surface area contributed by atoms with E-state index in [1.54, 1.807) is 84.9 Å². The lowest BCUT2D eigenvalue weighted by Crippen LogP contribution is -2.17. The number of nitrogens with one attached hydrogen (secondary N) is 2. The van der Waals surface area contributed by atoms with Gasteiger partial charge >= 0.3 is 11.9 Å². The number of carbonyl (C=O) groups excluding carboxylic acids is 4. The van der Waals surface area contributed by atoms with E-state index in [1.165, 1.54) is 12.4 Å². The van der Waals surface area contributed by atoms with Gasteiger partial charge in [-0.3, -0.25) is 9.59 Å². The first-order valence-electron chi connectivity index (χ1n) is 15.6. The maximum absolute atomic E-state index is 12.5. The van der Waals surface area contributed by atoms with Crippen LogP contribution in [-0.4, -0.2) is 36.2 Å². The van der Waals surface area contributed by atoms with Crippen molar-refractivity contribution < 1.29 is 28.7 Å². The van der Waals surface area contributed by atoms with E-state index in [-0.39, 0.29) is 11.8 Å². The van der Waals surface area contributed by atoms with Crippen molar-refractivity contribution in [2.24, 2.45) is 10.2 Å². The molecule has 0 bridgehead atoms. The minimum atomic E-state index is -0.494. The SMILES string of the molecule is O=C(CCCCCCCC(=O)NN=Cc1cc(Br)ccc1OC(=O)c1ccccc1)NN=Cc1cc(Br)ccc1OC(=O)c1ccccc1. The molecular formula is C37H34Br2N4O6. The minimum Gasteiger partial charge on any atom is -0.422 e. The first-order chi connectivity index (χ1) is 23.8. The second-order valence-corrected chi connectivity index (χ2v) is 12.6. The predicted octanol–water partition coefficient (Wildman–Crippen LogP) is 7.98. The molecule has 0 heterocycles.